The van der Waals surface area contributed by atoms with Gasteiger partial charge in [-0.05, 0) is 30.9 Å². The summed E-state index contributed by atoms with van der Waals surface area (Å²) >= 11 is 11.8. The van der Waals surface area contributed by atoms with Crippen LogP contribution in [0.5, 0.6) is 0 Å². The van der Waals surface area contributed by atoms with Crippen LogP contribution in [0.3, 0.4) is 0 Å². The summed E-state index contributed by atoms with van der Waals surface area (Å²) in [5.74, 6) is -0.130. The predicted molar refractivity (Wildman–Crippen MR) is 81.5 cm³/mol. The number of halogens is 2. The van der Waals surface area contributed by atoms with Crippen molar-refractivity contribution in [3.05, 3.63) is 28.0 Å². The van der Waals surface area contributed by atoms with Crippen LogP contribution in [0.15, 0.2) is 12.1 Å². The molecule has 1 aliphatic heterocycles. The summed E-state index contributed by atoms with van der Waals surface area (Å²) in [5, 5.41) is 0.692. The standard InChI is InChI=1S/C15H16Cl2N2O3/c16-11-3-4-13(17)18-12(11)8-22-15(21)10-5-14(20)19(7-10)6-9-1-2-9/h3-4,9-10H,1-2,5-8H2/t10-/m1/s1. The number of rotatable bonds is 5. The van der Waals surface area contributed by atoms with Crippen LogP contribution in [0.2, 0.25) is 10.2 Å². The molecule has 1 saturated carbocycles. The molecule has 1 saturated heterocycles. The van der Waals surface area contributed by atoms with E-state index in [0.717, 1.165) is 6.54 Å². The zero-order chi connectivity index (χ0) is 15.7. The van der Waals surface area contributed by atoms with Crippen molar-refractivity contribution in [3.8, 4) is 0 Å². The van der Waals surface area contributed by atoms with Gasteiger partial charge in [0.15, 0.2) is 0 Å². The third kappa shape index (κ3) is 3.70. The lowest BCUT2D eigenvalue weighted by molar-refractivity contribution is -0.149. The monoisotopic (exact) mass is 342 g/mol. The van der Waals surface area contributed by atoms with Gasteiger partial charge >= 0.3 is 5.97 Å². The van der Waals surface area contributed by atoms with Gasteiger partial charge in [-0.15, -0.1) is 0 Å². The first-order chi connectivity index (χ1) is 10.5. The number of carbonyl (C=O) groups excluding carboxylic acids is 2. The Labute approximate surface area is 138 Å². The number of likely N-dealkylation sites (tertiary alicyclic amines) is 1. The maximum Gasteiger partial charge on any atom is 0.311 e. The molecule has 2 fully saturated rings. The Bertz CT molecular complexity index is 604. The van der Waals surface area contributed by atoms with Gasteiger partial charge in [-0.25, -0.2) is 4.98 Å². The Morgan fingerprint density at radius 1 is 1.36 bits per heavy atom. The van der Waals surface area contributed by atoms with E-state index >= 15 is 0 Å². The van der Waals surface area contributed by atoms with Gasteiger partial charge in [0.2, 0.25) is 5.91 Å². The second kappa shape index (κ2) is 6.42. The van der Waals surface area contributed by atoms with Crippen molar-refractivity contribution in [2.24, 2.45) is 11.8 Å². The van der Waals surface area contributed by atoms with Gasteiger partial charge in [0.05, 0.1) is 16.6 Å². The summed E-state index contributed by atoms with van der Waals surface area (Å²) in [4.78, 5) is 29.8. The van der Waals surface area contributed by atoms with Gasteiger partial charge in [-0.3, -0.25) is 9.59 Å². The van der Waals surface area contributed by atoms with Crippen LogP contribution in [0.1, 0.15) is 25.0 Å². The quantitative estimate of drug-likeness (QED) is 0.609. The summed E-state index contributed by atoms with van der Waals surface area (Å²) in [6.07, 6.45) is 2.58. The second-order valence-electron chi connectivity index (χ2n) is 5.81. The third-order valence-electron chi connectivity index (χ3n) is 3.96. The van der Waals surface area contributed by atoms with Crippen molar-refractivity contribution in [2.45, 2.75) is 25.9 Å². The summed E-state index contributed by atoms with van der Waals surface area (Å²) in [7, 11) is 0. The molecule has 7 heteroatoms. The lowest BCUT2D eigenvalue weighted by Gasteiger charge is -2.15. The SMILES string of the molecule is O=C(OCc1nc(Cl)ccc1Cl)[C@@H]1CC(=O)N(CC2CC2)C1. The smallest absolute Gasteiger partial charge is 0.311 e. The van der Waals surface area contributed by atoms with Gasteiger partial charge in [-0.2, -0.15) is 0 Å². The Hall–Kier alpha value is -1.33. The number of ether oxygens (including phenoxy) is 1. The molecule has 0 bridgehead atoms. The Morgan fingerprint density at radius 2 is 2.14 bits per heavy atom. The molecular weight excluding hydrogens is 327 g/mol. The number of hydrogen-bond donors (Lipinski definition) is 0. The van der Waals surface area contributed by atoms with Crippen molar-refractivity contribution < 1.29 is 14.3 Å². The minimum absolute atomic E-state index is 0.0350. The fourth-order valence-corrected chi connectivity index (χ4v) is 2.86. The second-order valence-corrected chi connectivity index (χ2v) is 6.61. The number of amides is 1. The van der Waals surface area contributed by atoms with Gasteiger partial charge in [0.25, 0.3) is 0 Å². The van der Waals surface area contributed by atoms with Crippen LogP contribution in [0.4, 0.5) is 0 Å². The molecule has 0 aromatic carbocycles. The number of hydrogen-bond acceptors (Lipinski definition) is 4. The van der Waals surface area contributed by atoms with E-state index in [9.17, 15) is 9.59 Å². The lowest BCUT2D eigenvalue weighted by atomic mass is 10.1. The fraction of sp³-hybridized carbons (Fsp3) is 0.533. The van der Waals surface area contributed by atoms with Gasteiger partial charge < -0.3 is 9.64 Å². The van der Waals surface area contributed by atoms with Crippen LogP contribution >= 0.6 is 23.2 Å². The van der Waals surface area contributed by atoms with Crippen LogP contribution in [0.25, 0.3) is 0 Å². The maximum atomic E-state index is 12.1. The van der Waals surface area contributed by atoms with Gasteiger partial charge in [0, 0.05) is 19.5 Å². The molecule has 1 aromatic rings. The molecule has 1 aromatic heterocycles. The topological polar surface area (TPSA) is 59.5 Å². The number of nitrogens with zero attached hydrogens (tertiary/aromatic N) is 2. The average Bonchev–Trinajstić information content (AvgIpc) is 3.22. The molecule has 0 unspecified atom stereocenters. The van der Waals surface area contributed by atoms with E-state index in [1.165, 1.54) is 12.8 Å². The van der Waals surface area contributed by atoms with Crippen molar-refractivity contribution in [2.75, 3.05) is 13.1 Å². The molecule has 0 N–H and O–H groups in total. The highest BCUT2D eigenvalue weighted by Gasteiger charge is 2.37. The molecule has 2 heterocycles. The number of esters is 1. The van der Waals surface area contributed by atoms with Gasteiger partial charge in [-0.1, -0.05) is 23.2 Å². The molecule has 5 nitrogen and oxygen atoms in total. The first-order valence-electron chi connectivity index (χ1n) is 7.28. The molecule has 118 valence electrons. The third-order valence-corrected chi connectivity index (χ3v) is 4.51. The van der Waals surface area contributed by atoms with Crippen LogP contribution in [-0.2, 0) is 20.9 Å². The highest BCUT2D eigenvalue weighted by molar-refractivity contribution is 6.32. The van der Waals surface area contributed by atoms with E-state index < -0.39 is 5.92 Å². The average molecular weight is 343 g/mol. The summed E-state index contributed by atoms with van der Waals surface area (Å²) in [6, 6.07) is 3.18. The van der Waals surface area contributed by atoms with Crippen LogP contribution in [0, 0.1) is 11.8 Å². The Morgan fingerprint density at radius 3 is 2.86 bits per heavy atom. The fourth-order valence-electron chi connectivity index (χ4n) is 2.53. The first-order valence-corrected chi connectivity index (χ1v) is 8.04. The minimum Gasteiger partial charge on any atom is -0.459 e. The van der Waals surface area contributed by atoms with E-state index in [1.807, 2.05) is 0 Å². The number of pyridine rings is 1. The molecule has 3 rings (SSSR count). The minimum atomic E-state index is -0.399. The van der Waals surface area contributed by atoms with Crippen molar-refractivity contribution >= 4 is 35.1 Å². The van der Waals surface area contributed by atoms with E-state index in [4.69, 9.17) is 27.9 Å². The first kappa shape index (κ1) is 15.6. The highest BCUT2D eigenvalue weighted by Crippen LogP contribution is 2.32. The lowest BCUT2D eigenvalue weighted by Crippen LogP contribution is -2.28. The molecule has 22 heavy (non-hydrogen) atoms. The molecule has 0 spiro atoms. The molecule has 2 aliphatic rings. The van der Waals surface area contributed by atoms with Crippen molar-refractivity contribution in [3.63, 3.8) is 0 Å². The van der Waals surface area contributed by atoms with E-state index in [0.29, 0.717) is 28.3 Å². The van der Waals surface area contributed by atoms with Crippen LogP contribution < -0.4 is 0 Å². The molecule has 0 radical (unpaired) electrons. The summed E-state index contributed by atoms with van der Waals surface area (Å²) in [6.45, 7) is 1.18. The van der Waals surface area contributed by atoms with Crippen molar-refractivity contribution in [1.29, 1.82) is 0 Å². The van der Waals surface area contributed by atoms with Crippen molar-refractivity contribution in [1.82, 2.24) is 9.88 Å². The maximum absolute atomic E-state index is 12.1. The molecule has 1 amide bonds. The van der Waals surface area contributed by atoms with Gasteiger partial charge in [0.1, 0.15) is 11.8 Å². The zero-order valence-corrected chi connectivity index (χ0v) is 13.4. The molecule has 1 aliphatic carbocycles. The number of aromatic nitrogens is 1. The Kier molecular flexibility index (Phi) is 4.54. The predicted octanol–water partition coefficient (Wildman–Crippen LogP) is 2.69. The van der Waals surface area contributed by atoms with E-state index in [2.05, 4.69) is 4.98 Å². The molecule has 1 atom stereocenters. The Balaban J connectivity index is 1.53. The van der Waals surface area contributed by atoms with Crippen LogP contribution in [-0.4, -0.2) is 34.8 Å². The summed E-state index contributed by atoms with van der Waals surface area (Å²) in [5.41, 5.74) is 0.418. The largest absolute Gasteiger partial charge is 0.459 e. The van der Waals surface area contributed by atoms with E-state index in [-0.39, 0.29) is 24.9 Å². The van der Waals surface area contributed by atoms with E-state index in [1.54, 1.807) is 17.0 Å². The zero-order valence-electron chi connectivity index (χ0n) is 11.9. The molecular formula is C15H16Cl2N2O3. The highest BCUT2D eigenvalue weighted by atomic mass is 35.5. The normalized spacial score (nSPS) is 21.3. The summed E-state index contributed by atoms with van der Waals surface area (Å²) < 4.78 is 5.24. The number of carbonyl (C=O) groups is 2.